The molecule has 268 valence electrons. The van der Waals surface area contributed by atoms with E-state index in [4.69, 9.17) is 0 Å². The summed E-state index contributed by atoms with van der Waals surface area (Å²) in [6.07, 6.45) is 4.93. The molecule has 2 nitrogen and oxygen atoms in total. The lowest BCUT2D eigenvalue weighted by atomic mass is 9.43. The fraction of sp³-hybridized carbons (Fsp3) is 0.231. The maximum absolute atomic E-state index is 2.87. The van der Waals surface area contributed by atoms with Crippen molar-refractivity contribution in [2.24, 2.45) is 0 Å². The zero-order valence-electron chi connectivity index (χ0n) is 32.7. The van der Waals surface area contributed by atoms with Crippen molar-refractivity contribution in [3.63, 3.8) is 0 Å². The lowest BCUT2D eigenvalue weighted by Gasteiger charge is -2.53. The van der Waals surface area contributed by atoms with Crippen LogP contribution in [0.3, 0.4) is 0 Å². The number of hydrogen-bond acceptors (Lipinski definition) is 2. The van der Waals surface area contributed by atoms with Gasteiger partial charge in [-0.25, -0.2) is 0 Å². The van der Waals surface area contributed by atoms with Crippen LogP contribution in [0.25, 0.3) is 44.2 Å². The minimum atomic E-state index is -0.0429. The summed E-state index contributed by atoms with van der Waals surface area (Å²) >= 11 is 0. The van der Waals surface area contributed by atoms with Crippen LogP contribution in [0, 0.1) is 0 Å². The van der Waals surface area contributed by atoms with E-state index in [1.165, 1.54) is 109 Å². The molecule has 7 aromatic rings. The number of hydrogen-bond donors (Lipinski definition) is 0. The average Bonchev–Trinajstić information content (AvgIpc) is 3.43. The average molecular weight is 711 g/mol. The van der Waals surface area contributed by atoms with E-state index in [0.717, 1.165) is 0 Å². The molecule has 11 rings (SSSR count). The minimum absolute atomic E-state index is 0.00207. The molecule has 7 aromatic carbocycles. The van der Waals surface area contributed by atoms with Gasteiger partial charge in [0.25, 0.3) is 0 Å². The van der Waals surface area contributed by atoms with Gasteiger partial charge in [0.1, 0.15) is 0 Å². The molecule has 4 aliphatic rings. The summed E-state index contributed by atoms with van der Waals surface area (Å²) in [5, 5.41) is 2.57. The van der Waals surface area contributed by atoms with E-state index in [9.17, 15) is 0 Å². The molecule has 2 atom stereocenters. The van der Waals surface area contributed by atoms with Crippen LogP contribution in [-0.4, -0.2) is 12.4 Å². The molecule has 0 radical (unpaired) electrons. The van der Waals surface area contributed by atoms with Gasteiger partial charge in [-0.2, -0.15) is 0 Å². The molecule has 0 spiro atoms. The van der Waals surface area contributed by atoms with Gasteiger partial charge >= 0.3 is 6.85 Å². The largest absolute Gasteiger partial charge is 0.376 e. The Morgan fingerprint density at radius 3 is 1.96 bits per heavy atom. The van der Waals surface area contributed by atoms with E-state index in [1.54, 1.807) is 5.56 Å². The molecule has 3 heterocycles. The molecule has 3 aliphatic heterocycles. The van der Waals surface area contributed by atoms with Gasteiger partial charge in [0.05, 0.1) is 5.54 Å². The number of fused-ring (bicyclic) bond motifs is 9. The summed E-state index contributed by atoms with van der Waals surface area (Å²) in [5.74, 6) is 0. The van der Waals surface area contributed by atoms with E-state index in [1.807, 2.05) is 0 Å². The molecule has 0 N–H and O–H groups in total. The standard InChI is InChI=1S/C52H47BN2/c1-50(2,3)39-32-44-49-45(33-39)53-47-43(30-38(35-18-10-7-11-19-35)31-46(47)54(49)52(5)29-15-14-28-51(44,52)4)42-27-24-37-20-12-13-21-41(37)48(42)55(53)40-25-22-36(23-26-40)34-16-8-6-9-17-34/h6-13,16-27,30-33H,14-15,28-29H2,1-5H3. The molecule has 1 saturated carbocycles. The highest BCUT2D eigenvalue weighted by molar-refractivity contribution is 6.94. The first-order valence-corrected chi connectivity index (χ1v) is 20.4. The second kappa shape index (κ2) is 11.5. The SMILES string of the molecule is CC(C)(C)c1cc2c3c(c1)C1(C)CCCCC1(C)N3c1cc(-c3ccccc3)cc3c1B2N(c1ccc(-c2ccccc2)cc1)c1c-3ccc2ccccc12. The molecule has 0 amide bonds. The van der Waals surface area contributed by atoms with E-state index < -0.39 is 0 Å². The Morgan fingerprint density at radius 1 is 0.582 bits per heavy atom. The van der Waals surface area contributed by atoms with Gasteiger partial charge in [0.2, 0.25) is 0 Å². The second-order valence-corrected chi connectivity index (χ2v) is 18.1. The lowest BCUT2D eigenvalue weighted by molar-refractivity contribution is 0.195. The molecule has 1 aliphatic carbocycles. The molecule has 55 heavy (non-hydrogen) atoms. The smallest absolute Gasteiger partial charge is 0.333 e. The molecule has 2 unspecified atom stereocenters. The predicted octanol–water partition coefficient (Wildman–Crippen LogP) is 12.5. The van der Waals surface area contributed by atoms with Crippen molar-refractivity contribution in [2.45, 2.75) is 76.7 Å². The van der Waals surface area contributed by atoms with Crippen LogP contribution >= 0.6 is 0 Å². The van der Waals surface area contributed by atoms with Gasteiger partial charge < -0.3 is 9.71 Å². The third-order valence-electron chi connectivity index (χ3n) is 14.1. The minimum Gasteiger partial charge on any atom is -0.376 e. The zero-order chi connectivity index (χ0) is 37.3. The number of rotatable bonds is 3. The van der Waals surface area contributed by atoms with E-state index in [0.29, 0.717) is 0 Å². The van der Waals surface area contributed by atoms with Gasteiger partial charge in [-0.05, 0) is 105 Å². The highest BCUT2D eigenvalue weighted by Gasteiger charge is 2.62. The second-order valence-electron chi connectivity index (χ2n) is 18.1. The van der Waals surface area contributed by atoms with Gasteiger partial charge in [0, 0.05) is 39.1 Å². The summed E-state index contributed by atoms with van der Waals surface area (Å²) in [7, 11) is 0. The third-order valence-corrected chi connectivity index (χ3v) is 14.1. The number of benzene rings is 7. The third kappa shape index (κ3) is 4.50. The number of anilines is 4. The molecule has 0 bridgehead atoms. The first-order valence-electron chi connectivity index (χ1n) is 20.4. The van der Waals surface area contributed by atoms with Gasteiger partial charge in [-0.15, -0.1) is 0 Å². The van der Waals surface area contributed by atoms with E-state index in [2.05, 4.69) is 190 Å². The van der Waals surface area contributed by atoms with Crippen molar-refractivity contribution in [3.8, 4) is 33.4 Å². The monoisotopic (exact) mass is 710 g/mol. The first kappa shape index (κ1) is 32.9. The fourth-order valence-corrected chi connectivity index (χ4v) is 11.0. The van der Waals surface area contributed by atoms with Crippen LogP contribution in [-0.2, 0) is 10.8 Å². The maximum atomic E-state index is 2.87. The molecule has 0 saturated heterocycles. The van der Waals surface area contributed by atoms with Crippen LogP contribution in [0.2, 0.25) is 0 Å². The van der Waals surface area contributed by atoms with Gasteiger partial charge in [0.15, 0.2) is 0 Å². The van der Waals surface area contributed by atoms with Gasteiger partial charge in [-0.3, -0.25) is 0 Å². The predicted molar refractivity (Wildman–Crippen MR) is 235 cm³/mol. The zero-order valence-corrected chi connectivity index (χ0v) is 32.7. The summed E-state index contributed by atoms with van der Waals surface area (Å²) in [4.78, 5) is 5.60. The fourth-order valence-electron chi connectivity index (χ4n) is 11.0. The van der Waals surface area contributed by atoms with Crippen molar-refractivity contribution in [2.75, 3.05) is 9.71 Å². The van der Waals surface area contributed by atoms with Crippen LogP contribution in [0.15, 0.2) is 146 Å². The van der Waals surface area contributed by atoms with Crippen molar-refractivity contribution >= 4 is 51.3 Å². The topological polar surface area (TPSA) is 6.48 Å². The van der Waals surface area contributed by atoms with Gasteiger partial charge in [-0.1, -0.05) is 162 Å². The Bertz CT molecular complexity index is 2670. The maximum Gasteiger partial charge on any atom is 0.333 e. The van der Waals surface area contributed by atoms with Crippen LogP contribution in [0.4, 0.5) is 22.7 Å². The van der Waals surface area contributed by atoms with Crippen LogP contribution in [0.5, 0.6) is 0 Å². The Balaban J connectivity index is 1.28. The summed E-state index contributed by atoms with van der Waals surface area (Å²) < 4.78 is 0. The molecular weight excluding hydrogens is 663 g/mol. The van der Waals surface area contributed by atoms with Crippen molar-refractivity contribution < 1.29 is 0 Å². The quantitative estimate of drug-likeness (QED) is 0.169. The summed E-state index contributed by atoms with van der Waals surface area (Å²) in [6.45, 7) is 12.4. The van der Waals surface area contributed by atoms with E-state index >= 15 is 0 Å². The Morgan fingerprint density at radius 2 is 1.24 bits per heavy atom. The molecule has 0 aromatic heterocycles. The Hall–Kier alpha value is -5.54. The molecule has 3 heteroatoms. The Labute approximate surface area is 326 Å². The first-order chi connectivity index (χ1) is 26.7. The summed E-state index contributed by atoms with van der Waals surface area (Å²) in [5.41, 5.74) is 18.9. The highest BCUT2D eigenvalue weighted by atomic mass is 15.3. The molecular formula is C52H47BN2. The summed E-state index contributed by atoms with van der Waals surface area (Å²) in [6, 6.07) is 55.3. The van der Waals surface area contributed by atoms with Crippen molar-refractivity contribution in [1.82, 2.24) is 0 Å². The van der Waals surface area contributed by atoms with Crippen LogP contribution < -0.4 is 20.6 Å². The van der Waals surface area contributed by atoms with E-state index in [-0.39, 0.29) is 23.2 Å². The highest BCUT2D eigenvalue weighted by Crippen LogP contribution is 2.63. The lowest BCUT2D eigenvalue weighted by Crippen LogP contribution is -2.64. The molecule has 1 fully saturated rings. The van der Waals surface area contributed by atoms with Crippen molar-refractivity contribution in [1.29, 1.82) is 0 Å². The van der Waals surface area contributed by atoms with Crippen molar-refractivity contribution in [3.05, 3.63) is 157 Å². The van der Waals surface area contributed by atoms with Crippen LogP contribution in [0.1, 0.15) is 71.4 Å². The number of nitrogens with zero attached hydrogens (tertiary/aromatic N) is 2. The Kier molecular flexibility index (Phi) is 6.87. The normalized spacial score (nSPS) is 20.6.